The molecule has 0 saturated carbocycles. The molecule has 2 rings (SSSR count). The fourth-order valence-corrected chi connectivity index (χ4v) is 2.16. The van der Waals surface area contributed by atoms with Gasteiger partial charge in [0, 0.05) is 25.4 Å². The third-order valence-corrected chi connectivity index (χ3v) is 3.17. The first-order chi connectivity index (χ1) is 9.17. The van der Waals surface area contributed by atoms with Crippen LogP contribution >= 0.6 is 0 Å². The topological polar surface area (TPSA) is 71.5 Å². The van der Waals surface area contributed by atoms with Crippen molar-refractivity contribution in [3.63, 3.8) is 0 Å². The van der Waals surface area contributed by atoms with Crippen LogP contribution in [-0.4, -0.2) is 47.9 Å². The molecule has 6 heteroatoms. The van der Waals surface area contributed by atoms with E-state index in [1.807, 2.05) is 6.92 Å². The first kappa shape index (κ1) is 13.3. The van der Waals surface area contributed by atoms with E-state index < -0.39 is 6.04 Å². The SMILES string of the molecule is CCC1C(=O)NCCN1C(=O)c1ccc(OC)nc1. The van der Waals surface area contributed by atoms with Gasteiger partial charge in [0.1, 0.15) is 6.04 Å². The monoisotopic (exact) mass is 263 g/mol. The van der Waals surface area contributed by atoms with E-state index >= 15 is 0 Å². The van der Waals surface area contributed by atoms with Gasteiger partial charge in [-0.2, -0.15) is 0 Å². The standard InChI is InChI=1S/C13H17N3O3/c1-3-10-12(17)14-6-7-16(10)13(18)9-4-5-11(19-2)15-8-9/h4-5,8,10H,3,6-7H2,1-2H3,(H,14,17). The van der Waals surface area contributed by atoms with E-state index in [4.69, 9.17) is 4.74 Å². The Morgan fingerprint density at radius 2 is 2.37 bits per heavy atom. The Balaban J connectivity index is 2.19. The van der Waals surface area contributed by atoms with Crippen LogP contribution in [0.1, 0.15) is 23.7 Å². The van der Waals surface area contributed by atoms with Gasteiger partial charge >= 0.3 is 0 Å². The first-order valence-corrected chi connectivity index (χ1v) is 6.26. The van der Waals surface area contributed by atoms with Gasteiger partial charge in [0.15, 0.2) is 0 Å². The van der Waals surface area contributed by atoms with Crippen LogP contribution in [0.25, 0.3) is 0 Å². The number of piperazine rings is 1. The summed E-state index contributed by atoms with van der Waals surface area (Å²) < 4.78 is 4.95. The third-order valence-electron chi connectivity index (χ3n) is 3.17. The van der Waals surface area contributed by atoms with E-state index in [9.17, 15) is 9.59 Å². The largest absolute Gasteiger partial charge is 0.481 e. The van der Waals surface area contributed by atoms with Crippen molar-refractivity contribution in [2.75, 3.05) is 20.2 Å². The molecule has 102 valence electrons. The van der Waals surface area contributed by atoms with Crippen LogP contribution in [0.5, 0.6) is 5.88 Å². The lowest BCUT2D eigenvalue weighted by atomic mass is 10.1. The Bertz CT molecular complexity index is 473. The summed E-state index contributed by atoms with van der Waals surface area (Å²) in [6.45, 7) is 2.90. The second kappa shape index (κ2) is 5.69. The van der Waals surface area contributed by atoms with Gasteiger partial charge in [0.05, 0.1) is 12.7 Å². The molecular weight excluding hydrogens is 246 g/mol. The predicted octanol–water partition coefficient (Wildman–Crippen LogP) is 0.441. The van der Waals surface area contributed by atoms with E-state index in [1.165, 1.54) is 13.3 Å². The van der Waals surface area contributed by atoms with Gasteiger partial charge < -0.3 is 15.0 Å². The molecule has 0 spiro atoms. The Kier molecular flexibility index (Phi) is 3.99. The van der Waals surface area contributed by atoms with Crippen molar-refractivity contribution in [1.29, 1.82) is 0 Å². The highest BCUT2D eigenvalue weighted by molar-refractivity contribution is 5.98. The fraction of sp³-hybridized carbons (Fsp3) is 0.462. The number of nitrogens with zero attached hydrogens (tertiary/aromatic N) is 2. The molecule has 2 heterocycles. The van der Waals surface area contributed by atoms with Crippen molar-refractivity contribution < 1.29 is 14.3 Å². The highest BCUT2D eigenvalue weighted by atomic mass is 16.5. The van der Waals surface area contributed by atoms with Crippen molar-refractivity contribution in [1.82, 2.24) is 15.2 Å². The van der Waals surface area contributed by atoms with Gasteiger partial charge in [-0.3, -0.25) is 9.59 Å². The van der Waals surface area contributed by atoms with E-state index in [0.717, 1.165) is 0 Å². The van der Waals surface area contributed by atoms with Crippen molar-refractivity contribution in [2.45, 2.75) is 19.4 Å². The lowest BCUT2D eigenvalue weighted by Gasteiger charge is -2.34. The van der Waals surface area contributed by atoms with Gasteiger partial charge in [0.2, 0.25) is 11.8 Å². The molecular formula is C13H17N3O3. The smallest absolute Gasteiger partial charge is 0.256 e. The molecule has 0 bridgehead atoms. The molecule has 1 atom stereocenters. The number of hydrogen-bond acceptors (Lipinski definition) is 4. The van der Waals surface area contributed by atoms with Crippen LogP contribution in [-0.2, 0) is 4.79 Å². The molecule has 1 aliphatic heterocycles. The number of pyridine rings is 1. The minimum atomic E-state index is -0.400. The van der Waals surface area contributed by atoms with Crippen LogP contribution in [0, 0.1) is 0 Å². The van der Waals surface area contributed by atoms with Gasteiger partial charge in [-0.05, 0) is 12.5 Å². The van der Waals surface area contributed by atoms with E-state index in [0.29, 0.717) is 31.0 Å². The maximum Gasteiger partial charge on any atom is 0.256 e. The zero-order valence-electron chi connectivity index (χ0n) is 11.0. The third kappa shape index (κ3) is 2.67. The fourth-order valence-electron chi connectivity index (χ4n) is 2.16. The normalized spacial score (nSPS) is 18.9. The molecule has 1 aromatic heterocycles. The van der Waals surface area contributed by atoms with Crippen LogP contribution in [0.15, 0.2) is 18.3 Å². The molecule has 1 aliphatic rings. The van der Waals surface area contributed by atoms with Crippen molar-refractivity contribution >= 4 is 11.8 Å². The maximum absolute atomic E-state index is 12.4. The number of hydrogen-bond donors (Lipinski definition) is 1. The number of methoxy groups -OCH3 is 1. The quantitative estimate of drug-likeness (QED) is 0.859. The van der Waals surface area contributed by atoms with Crippen LogP contribution in [0.3, 0.4) is 0 Å². The van der Waals surface area contributed by atoms with Gasteiger partial charge in [-0.25, -0.2) is 4.98 Å². The summed E-state index contributed by atoms with van der Waals surface area (Å²) in [4.78, 5) is 29.7. The summed E-state index contributed by atoms with van der Waals surface area (Å²) in [7, 11) is 1.52. The lowest BCUT2D eigenvalue weighted by Crippen LogP contribution is -2.56. The molecule has 2 amide bonds. The Labute approximate surface area is 111 Å². The van der Waals surface area contributed by atoms with Crippen LogP contribution in [0.2, 0.25) is 0 Å². The number of carbonyl (C=O) groups excluding carboxylic acids is 2. The minimum Gasteiger partial charge on any atom is -0.481 e. The summed E-state index contributed by atoms with van der Waals surface area (Å²) in [6, 6.07) is 2.90. The molecule has 1 unspecified atom stereocenters. The van der Waals surface area contributed by atoms with Gasteiger partial charge in [-0.1, -0.05) is 6.92 Å². The number of ether oxygens (including phenoxy) is 1. The molecule has 1 aromatic rings. The second-order valence-electron chi connectivity index (χ2n) is 4.30. The Hall–Kier alpha value is -2.11. The number of carbonyl (C=O) groups is 2. The van der Waals surface area contributed by atoms with Crippen molar-refractivity contribution in [3.8, 4) is 5.88 Å². The zero-order valence-corrected chi connectivity index (χ0v) is 11.0. The summed E-state index contributed by atoms with van der Waals surface area (Å²) in [5.74, 6) is 0.195. The van der Waals surface area contributed by atoms with Crippen LogP contribution in [0.4, 0.5) is 0 Å². The highest BCUT2D eigenvalue weighted by Gasteiger charge is 2.32. The summed E-state index contributed by atoms with van der Waals surface area (Å²) in [6.07, 6.45) is 2.07. The molecule has 6 nitrogen and oxygen atoms in total. The molecule has 1 N–H and O–H groups in total. The number of aromatic nitrogens is 1. The molecule has 0 aromatic carbocycles. The van der Waals surface area contributed by atoms with Gasteiger partial charge in [-0.15, -0.1) is 0 Å². The average Bonchev–Trinajstić information content (AvgIpc) is 2.46. The summed E-state index contributed by atoms with van der Waals surface area (Å²) in [5, 5.41) is 2.77. The summed E-state index contributed by atoms with van der Waals surface area (Å²) >= 11 is 0. The maximum atomic E-state index is 12.4. The number of amides is 2. The molecule has 0 aliphatic carbocycles. The molecule has 19 heavy (non-hydrogen) atoms. The van der Waals surface area contributed by atoms with E-state index in [-0.39, 0.29) is 11.8 Å². The Morgan fingerprint density at radius 3 is 2.95 bits per heavy atom. The number of rotatable bonds is 3. The van der Waals surface area contributed by atoms with Crippen molar-refractivity contribution in [3.05, 3.63) is 23.9 Å². The number of nitrogens with one attached hydrogen (secondary N) is 1. The lowest BCUT2D eigenvalue weighted by molar-refractivity contribution is -0.127. The van der Waals surface area contributed by atoms with Crippen molar-refractivity contribution in [2.24, 2.45) is 0 Å². The predicted molar refractivity (Wildman–Crippen MR) is 68.9 cm³/mol. The van der Waals surface area contributed by atoms with E-state index in [1.54, 1.807) is 17.0 Å². The van der Waals surface area contributed by atoms with Crippen LogP contribution < -0.4 is 10.1 Å². The molecule has 0 radical (unpaired) electrons. The Morgan fingerprint density at radius 1 is 1.58 bits per heavy atom. The molecule has 1 saturated heterocycles. The highest BCUT2D eigenvalue weighted by Crippen LogP contribution is 2.14. The second-order valence-corrected chi connectivity index (χ2v) is 4.30. The zero-order chi connectivity index (χ0) is 13.8. The minimum absolute atomic E-state index is 0.0939. The first-order valence-electron chi connectivity index (χ1n) is 6.26. The van der Waals surface area contributed by atoms with Gasteiger partial charge in [0.25, 0.3) is 5.91 Å². The van der Waals surface area contributed by atoms with E-state index in [2.05, 4.69) is 10.3 Å². The molecule has 1 fully saturated rings. The summed E-state index contributed by atoms with van der Waals surface area (Å²) in [5.41, 5.74) is 0.467. The average molecular weight is 263 g/mol.